The summed E-state index contributed by atoms with van der Waals surface area (Å²) in [5, 5.41) is 43.3. The fourth-order valence-electron chi connectivity index (χ4n) is 5.65. The van der Waals surface area contributed by atoms with Gasteiger partial charge in [0.25, 0.3) is 0 Å². The predicted octanol–water partition coefficient (Wildman–Crippen LogP) is 4.13. The molecule has 3 aromatic rings. The highest BCUT2D eigenvalue weighted by Gasteiger charge is 2.45. The number of ether oxygens (including phenoxy) is 2. The molecule has 0 atom stereocenters. The Balaban J connectivity index is 1.68. The summed E-state index contributed by atoms with van der Waals surface area (Å²) in [6.45, 7) is 5.85. The maximum Gasteiger partial charge on any atom is 0.308 e. The number of phenols is 4. The molecule has 43 heavy (non-hydrogen) atoms. The number of rotatable bonds is 2. The van der Waals surface area contributed by atoms with Crippen molar-refractivity contribution in [3.05, 3.63) is 86.2 Å². The Morgan fingerprint density at radius 3 is 1.98 bits per heavy atom. The van der Waals surface area contributed by atoms with Gasteiger partial charge in [0, 0.05) is 23.6 Å². The zero-order chi connectivity index (χ0) is 31.3. The lowest BCUT2D eigenvalue weighted by molar-refractivity contribution is -0.136. The van der Waals surface area contributed by atoms with Crippen LogP contribution in [0.4, 0.5) is 0 Å². The molecular formula is C32H22O11. The van der Waals surface area contributed by atoms with E-state index in [-0.39, 0.29) is 22.4 Å². The van der Waals surface area contributed by atoms with Gasteiger partial charge >= 0.3 is 5.97 Å². The van der Waals surface area contributed by atoms with E-state index in [1.807, 2.05) is 0 Å². The Morgan fingerprint density at radius 2 is 1.35 bits per heavy atom. The normalized spacial score (nSPS) is 16.3. The third kappa shape index (κ3) is 3.78. The molecule has 4 N–H and O–H groups in total. The first kappa shape index (κ1) is 27.5. The predicted molar refractivity (Wildman–Crippen MR) is 149 cm³/mol. The second-order valence-electron chi connectivity index (χ2n) is 10.9. The largest absolute Gasteiger partial charge is 0.507 e. The van der Waals surface area contributed by atoms with E-state index in [4.69, 9.17) is 9.47 Å². The minimum Gasteiger partial charge on any atom is -0.507 e. The van der Waals surface area contributed by atoms with Gasteiger partial charge in [-0.2, -0.15) is 0 Å². The zero-order valence-electron chi connectivity index (χ0n) is 23.1. The summed E-state index contributed by atoms with van der Waals surface area (Å²) in [4.78, 5) is 67.7. The maximum atomic E-state index is 14.2. The van der Waals surface area contributed by atoms with Crippen LogP contribution in [-0.4, -0.2) is 55.1 Å². The SMILES string of the molecule is CC(=O)OC1=C(c2cc(C)cc3c2C(=O)c2c(O)c4c(c(O)c2C3=O)C=CC(C)(C)O4)C(=O)c2c(O)ccc(O)c2C1=O. The first-order valence-electron chi connectivity index (χ1n) is 13.0. The van der Waals surface area contributed by atoms with Gasteiger partial charge in [-0.05, 0) is 56.7 Å². The molecule has 0 unspecified atom stereocenters. The highest BCUT2D eigenvalue weighted by Crippen LogP contribution is 2.51. The van der Waals surface area contributed by atoms with E-state index < -0.39 is 96.9 Å². The van der Waals surface area contributed by atoms with Crippen LogP contribution in [0.3, 0.4) is 0 Å². The van der Waals surface area contributed by atoms with Gasteiger partial charge in [-0.1, -0.05) is 6.07 Å². The van der Waals surface area contributed by atoms with Crippen LogP contribution in [0.2, 0.25) is 0 Å². The number of Topliss-reactive ketones (excluding diaryl/α,β-unsaturated/α-hetero) is 2. The second-order valence-corrected chi connectivity index (χ2v) is 10.9. The number of aryl methyl sites for hydroxylation is 1. The van der Waals surface area contributed by atoms with Gasteiger partial charge in [0.1, 0.15) is 22.8 Å². The minimum atomic E-state index is -1.13. The number of esters is 1. The number of hydrogen-bond acceptors (Lipinski definition) is 11. The van der Waals surface area contributed by atoms with Gasteiger partial charge in [0.15, 0.2) is 28.8 Å². The van der Waals surface area contributed by atoms with Gasteiger partial charge in [0.2, 0.25) is 11.6 Å². The number of carbonyl (C=O) groups is 5. The number of carbonyl (C=O) groups excluding carboxylic acids is 5. The Morgan fingerprint density at radius 1 is 0.767 bits per heavy atom. The van der Waals surface area contributed by atoms with Crippen molar-refractivity contribution < 1.29 is 53.9 Å². The van der Waals surface area contributed by atoms with E-state index in [1.54, 1.807) is 26.8 Å². The monoisotopic (exact) mass is 582 g/mol. The van der Waals surface area contributed by atoms with Gasteiger partial charge in [-0.25, -0.2) is 0 Å². The number of allylic oxidation sites excluding steroid dienone is 2. The fourth-order valence-corrected chi connectivity index (χ4v) is 5.65. The average Bonchev–Trinajstić information content (AvgIpc) is 2.92. The molecule has 0 saturated heterocycles. The quantitative estimate of drug-likeness (QED) is 0.197. The lowest BCUT2D eigenvalue weighted by Gasteiger charge is -2.31. The Hall–Kier alpha value is -5.71. The van der Waals surface area contributed by atoms with E-state index in [0.29, 0.717) is 5.56 Å². The van der Waals surface area contributed by atoms with Crippen LogP contribution in [0.1, 0.15) is 90.0 Å². The van der Waals surface area contributed by atoms with Crippen LogP contribution in [0.25, 0.3) is 11.6 Å². The summed E-state index contributed by atoms with van der Waals surface area (Å²) in [5.41, 5.74) is -4.50. The second kappa shape index (κ2) is 8.89. The molecule has 0 spiro atoms. The summed E-state index contributed by atoms with van der Waals surface area (Å²) in [5.74, 6) is -8.79. The molecule has 11 heteroatoms. The molecule has 6 rings (SSSR count). The Bertz CT molecular complexity index is 1990. The lowest BCUT2D eigenvalue weighted by Crippen LogP contribution is -2.30. The van der Waals surface area contributed by atoms with Crippen LogP contribution in [0.15, 0.2) is 36.1 Å². The molecule has 0 aromatic heterocycles. The standard InChI is InChI=1S/C32H22O11/c1-11-9-14(19-27(39)20-16(34)5-6-17(35)21(20)28(40)31(19)42-12(2)33)18-15(10-11)25(37)22-23(26(18)38)29(41)30-13(24(22)36)7-8-32(3,4)43-30/h5-10,34-36,41H,1-4H3. The van der Waals surface area contributed by atoms with Crippen LogP contribution in [0.5, 0.6) is 28.7 Å². The van der Waals surface area contributed by atoms with Crippen molar-refractivity contribution in [2.24, 2.45) is 0 Å². The van der Waals surface area contributed by atoms with Gasteiger partial charge in [-0.15, -0.1) is 0 Å². The van der Waals surface area contributed by atoms with Gasteiger partial charge < -0.3 is 29.9 Å². The van der Waals surface area contributed by atoms with Gasteiger partial charge in [-0.3, -0.25) is 24.0 Å². The van der Waals surface area contributed by atoms with Crippen molar-refractivity contribution in [2.75, 3.05) is 0 Å². The number of fused-ring (bicyclic) bond motifs is 4. The van der Waals surface area contributed by atoms with E-state index in [1.165, 1.54) is 18.2 Å². The van der Waals surface area contributed by atoms with E-state index in [0.717, 1.165) is 19.1 Å². The first-order valence-corrected chi connectivity index (χ1v) is 13.0. The summed E-state index contributed by atoms with van der Waals surface area (Å²) < 4.78 is 11.0. The summed E-state index contributed by atoms with van der Waals surface area (Å²) in [7, 11) is 0. The van der Waals surface area contributed by atoms with Crippen molar-refractivity contribution in [2.45, 2.75) is 33.3 Å². The topological polar surface area (TPSA) is 185 Å². The molecular weight excluding hydrogens is 560 g/mol. The number of phenolic OH excluding ortho intramolecular Hbond substituents is 4. The summed E-state index contributed by atoms with van der Waals surface area (Å²) in [6.07, 6.45) is 3.07. The third-order valence-corrected chi connectivity index (χ3v) is 7.45. The zero-order valence-corrected chi connectivity index (χ0v) is 23.1. The molecule has 0 fully saturated rings. The van der Waals surface area contributed by atoms with Crippen molar-refractivity contribution >= 4 is 40.8 Å². The summed E-state index contributed by atoms with van der Waals surface area (Å²) >= 11 is 0. The molecule has 0 amide bonds. The lowest BCUT2D eigenvalue weighted by atomic mass is 9.75. The highest BCUT2D eigenvalue weighted by molar-refractivity contribution is 6.43. The molecule has 216 valence electrons. The van der Waals surface area contributed by atoms with Crippen molar-refractivity contribution in [1.82, 2.24) is 0 Å². The maximum absolute atomic E-state index is 14.2. The van der Waals surface area contributed by atoms with E-state index >= 15 is 0 Å². The molecule has 2 aliphatic carbocycles. The molecule has 0 saturated carbocycles. The molecule has 1 heterocycles. The van der Waals surface area contributed by atoms with E-state index in [2.05, 4.69) is 0 Å². The average molecular weight is 583 g/mol. The Kier molecular flexibility index (Phi) is 5.68. The molecule has 0 radical (unpaired) electrons. The highest BCUT2D eigenvalue weighted by atomic mass is 16.5. The smallest absolute Gasteiger partial charge is 0.308 e. The Labute approximate surface area is 242 Å². The summed E-state index contributed by atoms with van der Waals surface area (Å²) in [6, 6.07) is 4.62. The number of aromatic hydroxyl groups is 4. The van der Waals surface area contributed by atoms with Crippen molar-refractivity contribution in [3.8, 4) is 28.7 Å². The van der Waals surface area contributed by atoms with Crippen LogP contribution >= 0.6 is 0 Å². The van der Waals surface area contributed by atoms with Crippen LogP contribution < -0.4 is 4.74 Å². The molecule has 0 bridgehead atoms. The van der Waals surface area contributed by atoms with Crippen LogP contribution in [-0.2, 0) is 9.53 Å². The number of hydrogen-bond donors (Lipinski definition) is 4. The first-order chi connectivity index (χ1) is 20.1. The third-order valence-electron chi connectivity index (χ3n) is 7.45. The molecule has 11 nitrogen and oxygen atoms in total. The minimum absolute atomic E-state index is 0.00662. The van der Waals surface area contributed by atoms with Crippen molar-refractivity contribution in [3.63, 3.8) is 0 Å². The molecule has 3 aliphatic rings. The number of ketones is 4. The molecule has 1 aliphatic heterocycles. The number of benzene rings is 3. The van der Waals surface area contributed by atoms with Crippen LogP contribution in [0, 0.1) is 6.92 Å². The van der Waals surface area contributed by atoms with E-state index in [9.17, 15) is 44.4 Å². The van der Waals surface area contributed by atoms with Crippen molar-refractivity contribution in [1.29, 1.82) is 0 Å². The van der Waals surface area contributed by atoms with Gasteiger partial charge in [0.05, 0.1) is 33.4 Å². The fraction of sp³-hybridized carbons (Fsp3) is 0.156. The molecule has 3 aromatic carbocycles.